The van der Waals surface area contributed by atoms with Gasteiger partial charge in [0.2, 0.25) is 11.4 Å². The van der Waals surface area contributed by atoms with E-state index in [1.165, 1.54) is 22.3 Å². The molecule has 0 aliphatic rings. The Kier molecular flexibility index (Phi) is 3.76. The molecule has 0 fully saturated rings. The van der Waals surface area contributed by atoms with Crippen molar-refractivity contribution in [2.75, 3.05) is 0 Å². The van der Waals surface area contributed by atoms with Gasteiger partial charge in [0.15, 0.2) is 11.8 Å². The quantitative estimate of drug-likeness (QED) is 0.373. The van der Waals surface area contributed by atoms with Crippen molar-refractivity contribution >= 4 is 22.1 Å². The van der Waals surface area contributed by atoms with Gasteiger partial charge in [0.1, 0.15) is 7.05 Å². The Hall–Kier alpha value is -3.46. The molecule has 0 atom stereocenters. The SMILES string of the molecule is Cc1cc(-c2ccc(C)c3c2oc2ncccc23)[n+](C)cc1-c1ccccc1. The smallest absolute Gasteiger partial charge is 0.227 e. The molecule has 3 heterocycles. The molecule has 136 valence electrons. The number of hydrogen-bond donors (Lipinski definition) is 0. The lowest BCUT2D eigenvalue weighted by molar-refractivity contribution is -0.659. The molecule has 0 saturated carbocycles. The van der Waals surface area contributed by atoms with Gasteiger partial charge in [-0.05, 0) is 48.7 Å². The van der Waals surface area contributed by atoms with Crippen molar-refractivity contribution in [2.24, 2.45) is 7.05 Å². The first-order chi connectivity index (χ1) is 13.6. The second kappa shape index (κ2) is 6.31. The summed E-state index contributed by atoms with van der Waals surface area (Å²) >= 11 is 0. The Morgan fingerprint density at radius 2 is 1.68 bits per heavy atom. The van der Waals surface area contributed by atoms with Gasteiger partial charge in [-0.15, -0.1) is 0 Å². The highest BCUT2D eigenvalue weighted by Gasteiger charge is 2.21. The summed E-state index contributed by atoms with van der Waals surface area (Å²) in [5, 5.41) is 2.21. The molecular formula is C25H21N2O+. The highest BCUT2D eigenvalue weighted by atomic mass is 16.3. The van der Waals surface area contributed by atoms with E-state index in [1.807, 2.05) is 12.1 Å². The molecule has 0 saturated heterocycles. The van der Waals surface area contributed by atoms with E-state index in [4.69, 9.17) is 4.42 Å². The predicted molar refractivity (Wildman–Crippen MR) is 113 cm³/mol. The van der Waals surface area contributed by atoms with Crippen LogP contribution in [0.2, 0.25) is 0 Å². The Labute approximate surface area is 163 Å². The number of hydrogen-bond acceptors (Lipinski definition) is 2. The monoisotopic (exact) mass is 365 g/mol. The Morgan fingerprint density at radius 3 is 2.50 bits per heavy atom. The molecule has 3 aromatic heterocycles. The van der Waals surface area contributed by atoms with Crippen molar-refractivity contribution in [3.05, 3.63) is 84.2 Å². The molecule has 28 heavy (non-hydrogen) atoms. The van der Waals surface area contributed by atoms with Gasteiger partial charge in [-0.2, -0.15) is 0 Å². The average Bonchev–Trinajstić information content (AvgIpc) is 3.11. The lowest BCUT2D eigenvalue weighted by atomic mass is 9.98. The summed E-state index contributed by atoms with van der Waals surface area (Å²) in [5.74, 6) is 0. The summed E-state index contributed by atoms with van der Waals surface area (Å²) in [6.07, 6.45) is 3.98. The lowest BCUT2D eigenvalue weighted by Gasteiger charge is -2.09. The summed E-state index contributed by atoms with van der Waals surface area (Å²) < 4.78 is 8.38. The minimum Gasteiger partial charge on any atom is -0.437 e. The molecule has 0 aliphatic heterocycles. The lowest BCUT2D eigenvalue weighted by Crippen LogP contribution is -2.31. The molecule has 5 aromatic rings. The van der Waals surface area contributed by atoms with Crippen LogP contribution < -0.4 is 4.57 Å². The molecule has 0 N–H and O–H groups in total. The van der Waals surface area contributed by atoms with Crippen molar-refractivity contribution in [2.45, 2.75) is 13.8 Å². The molecule has 5 rings (SSSR count). The van der Waals surface area contributed by atoms with Crippen molar-refractivity contribution in [1.29, 1.82) is 0 Å². The maximum atomic E-state index is 6.20. The third-order valence-electron chi connectivity index (χ3n) is 5.45. The summed E-state index contributed by atoms with van der Waals surface area (Å²) in [6.45, 7) is 4.29. The van der Waals surface area contributed by atoms with E-state index >= 15 is 0 Å². The largest absolute Gasteiger partial charge is 0.437 e. The van der Waals surface area contributed by atoms with Gasteiger partial charge in [-0.3, -0.25) is 0 Å². The molecule has 3 nitrogen and oxygen atoms in total. The van der Waals surface area contributed by atoms with Crippen molar-refractivity contribution in [1.82, 2.24) is 4.98 Å². The summed E-state index contributed by atoms with van der Waals surface area (Å²) in [5.41, 5.74) is 8.70. The van der Waals surface area contributed by atoms with Gasteiger partial charge in [-0.25, -0.2) is 9.55 Å². The fraction of sp³-hybridized carbons (Fsp3) is 0.120. The number of nitrogens with zero attached hydrogens (tertiary/aromatic N) is 2. The maximum Gasteiger partial charge on any atom is 0.227 e. The van der Waals surface area contributed by atoms with Crippen LogP contribution in [0.15, 0.2) is 77.5 Å². The maximum absolute atomic E-state index is 6.20. The Balaban J connectivity index is 1.77. The molecular weight excluding hydrogens is 344 g/mol. The van der Waals surface area contributed by atoms with Crippen LogP contribution in [-0.2, 0) is 7.05 Å². The van der Waals surface area contributed by atoms with Gasteiger partial charge in [0, 0.05) is 28.6 Å². The standard InChI is InChI=1S/C25H21N2O/c1-16-11-12-19(24-23(16)20-10-7-13-26-25(20)28-24)22-14-17(2)21(15-27(22)3)18-8-5-4-6-9-18/h4-15H,1-3H3/q+1. The highest BCUT2D eigenvalue weighted by molar-refractivity contribution is 6.09. The third kappa shape index (κ3) is 2.51. The number of furan rings is 1. The van der Waals surface area contributed by atoms with Crippen LogP contribution in [0.1, 0.15) is 11.1 Å². The van der Waals surface area contributed by atoms with Gasteiger partial charge in [-0.1, -0.05) is 36.4 Å². The minimum absolute atomic E-state index is 0.688. The summed E-state index contributed by atoms with van der Waals surface area (Å²) in [4.78, 5) is 4.41. The van der Waals surface area contributed by atoms with E-state index in [0.717, 1.165) is 27.6 Å². The zero-order valence-electron chi connectivity index (χ0n) is 16.2. The zero-order valence-corrected chi connectivity index (χ0v) is 16.2. The van der Waals surface area contributed by atoms with Gasteiger partial charge in [0.25, 0.3) is 0 Å². The van der Waals surface area contributed by atoms with E-state index in [-0.39, 0.29) is 0 Å². The van der Waals surface area contributed by atoms with Gasteiger partial charge in [0.05, 0.1) is 5.56 Å². The van der Waals surface area contributed by atoms with Crippen molar-refractivity contribution < 1.29 is 8.98 Å². The first kappa shape index (κ1) is 16.7. The molecule has 0 bridgehead atoms. The van der Waals surface area contributed by atoms with Gasteiger partial charge >= 0.3 is 0 Å². The van der Waals surface area contributed by atoms with Crippen LogP contribution in [0.5, 0.6) is 0 Å². The van der Waals surface area contributed by atoms with Crippen molar-refractivity contribution in [3.8, 4) is 22.4 Å². The fourth-order valence-corrected chi connectivity index (χ4v) is 4.02. The highest BCUT2D eigenvalue weighted by Crippen LogP contribution is 2.36. The minimum atomic E-state index is 0.688. The van der Waals surface area contributed by atoms with E-state index in [9.17, 15) is 0 Å². The second-order valence-corrected chi connectivity index (χ2v) is 7.32. The van der Waals surface area contributed by atoms with E-state index in [0.29, 0.717) is 5.71 Å². The van der Waals surface area contributed by atoms with Crippen LogP contribution in [0.3, 0.4) is 0 Å². The molecule has 0 aliphatic carbocycles. The molecule has 0 amide bonds. The van der Waals surface area contributed by atoms with Crippen LogP contribution >= 0.6 is 0 Å². The first-order valence-electron chi connectivity index (χ1n) is 9.46. The molecule has 2 aromatic carbocycles. The second-order valence-electron chi connectivity index (χ2n) is 7.32. The van der Waals surface area contributed by atoms with E-state index in [2.05, 4.69) is 85.2 Å². The van der Waals surface area contributed by atoms with E-state index in [1.54, 1.807) is 6.20 Å². The summed E-state index contributed by atoms with van der Waals surface area (Å²) in [7, 11) is 2.09. The van der Waals surface area contributed by atoms with E-state index < -0.39 is 0 Å². The molecule has 3 heteroatoms. The topological polar surface area (TPSA) is 29.9 Å². The third-order valence-corrected chi connectivity index (χ3v) is 5.45. The van der Waals surface area contributed by atoms with Gasteiger partial charge < -0.3 is 4.42 Å². The average molecular weight is 365 g/mol. The predicted octanol–water partition coefficient (Wildman–Crippen LogP) is 5.76. The number of aryl methyl sites for hydroxylation is 3. The first-order valence-corrected chi connectivity index (χ1v) is 9.46. The zero-order chi connectivity index (χ0) is 19.3. The summed E-state index contributed by atoms with van der Waals surface area (Å²) in [6, 6.07) is 21.1. The number of aromatic nitrogens is 2. The fourth-order valence-electron chi connectivity index (χ4n) is 4.02. The Bertz CT molecular complexity index is 1330. The van der Waals surface area contributed by atoms with Crippen LogP contribution in [0, 0.1) is 13.8 Å². The number of rotatable bonds is 2. The van der Waals surface area contributed by atoms with Crippen LogP contribution in [-0.4, -0.2) is 4.98 Å². The number of pyridine rings is 2. The van der Waals surface area contributed by atoms with Crippen LogP contribution in [0.4, 0.5) is 0 Å². The number of fused-ring (bicyclic) bond motifs is 3. The molecule has 0 spiro atoms. The normalized spacial score (nSPS) is 11.4. The molecule has 0 radical (unpaired) electrons. The van der Waals surface area contributed by atoms with Crippen LogP contribution in [0.25, 0.3) is 44.5 Å². The molecule has 0 unspecified atom stereocenters. The van der Waals surface area contributed by atoms with Crippen molar-refractivity contribution in [3.63, 3.8) is 0 Å². The number of benzene rings is 2. The Morgan fingerprint density at radius 1 is 0.857 bits per heavy atom.